The van der Waals surface area contributed by atoms with Crippen molar-refractivity contribution in [2.24, 2.45) is 0 Å². The van der Waals surface area contributed by atoms with Crippen LogP contribution in [0.25, 0.3) is 0 Å². The Hall–Kier alpha value is 0.640. The molecule has 0 aliphatic heterocycles. The second-order valence-corrected chi connectivity index (χ2v) is 0.300. The molecule has 0 rings (SSSR count). The van der Waals surface area contributed by atoms with Gasteiger partial charge in [0.05, 0.1) is 0 Å². The Kier molecular flexibility index (Phi) is 2150. The Balaban J connectivity index is -0.000000000952. The summed E-state index contributed by atoms with van der Waals surface area (Å²) in [6, 6.07) is 0. The standard InChI is InChI=1S/CHNS.Na.5H2O.H/c2-1-3;;;;;;;/h3H;;5*1H2;/q;+1;;;;;;-1. The fourth-order valence-electron chi connectivity index (χ4n) is 0. The summed E-state index contributed by atoms with van der Waals surface area (Å²) in [5.41, 5.74) is 0. The van der Waals surface area contributed by atoms with Crippen molar-refractivity contribution in [3.8, 4) is 5.40 Å². The maximum absolute atomic E-state index is 7.18. The first-order valence-electron chi connectivity index (χ1n) is 0.447. The summed E-state index contributed by atoms with van der Waals surface area (Å²) in [5.74, 6) is 0. The van der Waals surface area contributed by atoms with Crippen LogP contribution >= 0.6 is 12.6 Å². The molecule has 6 nitrogen and oxygen atoms in total. The zero-order chi connectivity index (χ0) is 2.71. The summed E-state index contributed by atoms with van der Waals surface area (Å²) in [6.07, 6.45) is 0. The van der Waals surface area contributed by atoms with Crippen molar-refractivity contribution in [1.82, 2.24) is 0 Å². The van der Waals surface area contributed by atoms with Gasteiger partial charge in [0.2, 0.25) is 0 Å². The first kappa shape index (κ1) is 103. The first-order valence-corrected chi connectivity index (χ1v) is 0.894. The van der Waals surface area contributed by atoms with Crippen LogP contribution in [0.3, 0.4) is 0 Å². The molecule has 0 saturated carbocycles. The minimum absolute atomic E-state index is 0. The summed E-state index contributed by atoms with van der Waals surface area (Å²) in [4.78, 5) is 0. The van der Waals surface area contributed by atoms with Crippen molar-refractivity contribution in [2.45, 2.75) is 0 Å². The van der Waals surface area contributed by atoms with Crippen LogP contribution in [0.5, 0.6) is 0 Å². The summed E-state index contributed by atoms with van der Waals surface area (Å²) in [6.45, 7) is 0. The van der Waals surface area contributed by atoms with E-state index in [1.165, 1.54) is 5.40 Å². The van der Waals surface area contributed by atoms with E-state index in [0.29, 0.717) is 0 Å². The van der Waals surface area contributed by atoms with Gasteiger partial charge in [0.15, 0.2) is 0 Å². The van der Waals surface area contributed by atoms with Crippen molar-refractivity contribution >= 4 is 12.6 Å². The first-order chi connectivity index (χ1) is 1.41. The number of hydrogen-bond donors (Lipinski definition) is 1. The SMILES string of the molecule is N#CS.O.O.O.O.O.[H-].[Na+]. The van der Waals surface area contributed by atoms with Gasteiger partial charge in [-0.2, -0.15) is 5.26 Å². The predicted molar refractivity (Wildman–Crippen MR) is 33.8 cm³/mol. The molecule has 0 saturated heterocycles. The molecule has 0 fully saturated rings. The number of thiol groups is 1. The maximum Gasteiger partial charge on any atom is 1.00 e. The number of nitrogens with zero attached hydrogens (tertiary/aromatic N) is 1. The van der Waals surface area contributed by atoms with Crippen LogP contribution in [0.1, 0.15) is 1.43 Å². The minimum Gasteiger partial charge on any atom is -1.00 e. The molecule has 0 bridgehead atoms. The molecule has 0 heterocycles. The maximum atomic E-state index is 7.18. The molecule has 0 spiro atoms. The average Bonchev–Trinajstić information content (AvgIpc) is 0.918. The van der Waals surface area contributed by atoms with Gasteiger partial charge < -0.3 is 28.8 Å². The monoisotopic (exact) mass is 173 g/mol. The van der Waals surface area contributed by atoms with Crippen LogP contribution in [0.2, 0.25) is 0 Å². The fraction of sp³-hybridized carbons (Fsp3) is 0. The molecule has 10 N–H and O–H groups in total. The van der Waals surface area contributed by atoms with Gasteiger partial charge in [-0.05, 0) is 0 Å². The zero-order valence-corrected chi connectivity index (χ0v) is 7.79. The summed E-state index contributed by atoms with van der Waals surface area (Å²) < 4.78 is 0. The Labute approximate surface area is 81.6 Å². The van der Waals surface area contributed by atoms with E-state index < -0.39 is 0 Å². The molecule has 0 aromatic carbocycles. The third-order valence-corrected chi connectivity index (χ3v) is 0. The van der Waals surface area contributed by atoms with E-state index in [1.807, 2.05) is 0 Å². The molecule has 9 heavy (non-hydrogen) atoms. The third-order valence-electron chi connectivity index (χ3n) is 0. The van der Waals surface area contributed by atoms with Crippen molar-refractivity contribution < 1.29 is 58.4 Å². The van der Waals surface area contributed by atoms with E-state index in [2.05, 4.69) is 12.6 Å². The van der Waals surface area contributed by atoms with Crippen molar-refractivity contribution in [3.63, 3.8) is 0 Å². The number of thiocyanates is 1. The van der Waals surface area contributed by atoms with E-state index in [1.54, 1.807) is 0 Å². The molecule has 0 aliphatic rings. The van der Waals surface area contributed by atoms with Gasteiger partial charge in [0, 0.05) is 0 Å². The predicted octanol–water partition coefficient (Wildman–Crippen LogP) is -6.61. The molecule has 0 aromatic rings. The van der Waals surface area contributed by atoms with Gasteiger partial charge in [0.25, 0.3) is 0 Å². The third kappa shape index (κ3) is 930. The van der Waals surface area contributed by atoms with E-state index in [-0.39, 0.29) is 58.4 Å². The fourth-order valence-corrected chi connectivity index (χ4v) is 0. The number of nitriles is 1. The molecule has 0 unspecified atom stereocenters. The van der Waals surface area contributed by atoms with Crippen molar-refractivity contribution in [2.75, 3.05) is 0 Å². The Morgan fingerprint density at radius 3 is 1.00 bits per heavy atom. The molecule has 8 heteroatoms. The Morgan fingerprint density at radius 1 is 1.00 bits per heavy atom. The second kappa shape index (κ2) is 188. The minimum atomic E-state index is 0. The molecular formula is CH12NNaO5S. The van der Waals surface area contributed by atoms with Crippen LogP contribution < -0.4 is 29.6 Å². The molecule has 0 aliphatic carbocycles. The zero-order valence-electron chi connectivity index (χ0n) is 5.89. The Bertz CT molecular complexity index is 43.1. The van der Waals surface area contributed by atoms with Crippen LogP contribution in [0.4, 0.5) is 0 Å². The largest absolute Gasteiger partial charge is 1.00 e. The van der Waals surface area contributed by atoms with E-state index in [0.717, 1.165) is 0 Å². The molecular weight excluding hydrogens is 161 g/mol. The summed E-state index contributed by atoms with van der Waals surface area (Å²) in [5, 5.41) is 8.63. The number of rotatable bonds is 0. The van der Waals surface area contributed by atoms with E-state index in [9.17, 15) is 0 Å². The van der Waals surface area contributed by atoms with Gasteiger partial charge in [-0.15, -0.1) is 0 Å². The Morgan fingerprint density at radius 2 is 1.00 bits per heavy atom. The second-order valence-electron chi connectivity index (χ2n) is 0.100. The summed E-state index contributed by atoms with van der Waals surface area (Å²) in [7, 11) is 0. The van der Waals surface area contributed by atoms with Crippen LogP contribution in [0, 0.1) is 10.7 Å². The van der Waals surface area contributed by atoms with Crippen LogP contribution in [0.15, 0.2) is 0 Å². The molecule has 58 valence electrons. The summed E-state index contributed by atoms with van der Waals surface area (Å²) >= 11 is 3.09. The normalized spacial score (nSPS) is 0.889. The molecule has 0 atom stereocenters. The van der Waals surface area contributed by atoms with Crippen LogP contribution in [-0.4, -0.2) is 27.4 Å². The van der Waals surface area contributed by atoms with Gasteiger partial charge in [-0.3, -0.25) is 0 Å². The molecule has 0 aromatic heterocycles. The van der Waals surface area contributed by atoms with Gasteiger partial charge in [-0.1, -0.05) is 12.6 Å². The van der Waals surface area contributed by atoms with E-state index >= 15 is 0 Å². The molecule has 0 radical (unpaired) electrons. The van der Waals surface area contributed by atoms with Crippen LogP contribution in [-0.2, 0) is 0 Å². The number of hydrogen-bond acceptors (Lipinski definition) is 2. The van der Waals surface area contributed by atoms with Crippen molar-refractivity contribution in [3.05, 3.63) is 0 Å². The smallest absolute Gasteiger partial charge is 1.00 e. The van der Waals surface area contributed by atoms with Gasteiger partial charge >= 0.3 is 29.6 Å². The average molecular weight is 173 g/mol. The van der Waals surface area contributed by atoms with E-state index in [4.69, 9.17) is 5.26 Å². The molecule has 0 amide bonds. The van der Waals surface area contributed by atoms with Gasteiger partial charge in [0.1, 0.15) is 5.40 Å². The quantitative estimate of drug-likeness (QED) is 0.213. The van der Waals surface area contributed by atoms with Gasteiger partial charge in [-0.25, -0.2) is 0 Å². The van der Waals surface area contributed by atoms with Crippen molar-refractivity contribution in [1.29, 1.82) is 5.26 Å². The topological polar surface area (TPSA) is 181 Å².